The number of ketones is 1. The van der Waals surface area contributed by atoms with Gasteiger partial charge in [-0.05, 0) is 57.0 Å². The molecule has 0 fully saturated rings. The molecule has 0 bridgehead atoms. The molecule has 2 heteroatoms. The van der Waals surface area contributed by atoms with Crippen molar-refractivity contribution in [2.75, 3.05) is 0 Å². The van der Waals surface area contributed by atoms with Crippen LogP contribution in [0.1, 0.15) is 40.9 Å². The molecule has 2 rings (SSSR count). The van der Waals surface area contributed by atoms with Crippen LogP contribution in [0.2, 0.25) is 0 Å². The minimum Gasteiger partial charge on any atom is -0.491 e. The summed E-state index contributed by atoms with van der Waals surface area (Å²) in [4.78, 5) is 12.5. The van der Waals surface area contributed by atoms with E-state index in [1.165, 1.54) is 5.56 Å². The second-order valence-corrected chi connectivity index (χ2v) is 5.32. The molecule has 0 N–H and O–H groups in total. The summed E-state index contributed by atoms with van der Waals surface area (Å²) in [7, 11) is 0. The molecule has 0 saturated carbocycles. The van der Waals surface area contributed by atoms with Gasteiger partial charge in [0.05, 0.1) is 6.10 Å². The molecule has 0 unspecified atom stereocenters. The number of carbonyl (C=O) groups excluding carboxylic acids is 1. The molecule has 0 amide bonds. The van der Waals surface area contributed by atoms with Gasteiger partial charge in [-0.15, -0.1) is 0 Å². The summed E-state index contributed by atoms with van der Waals surface area (Å²) in [5.74, 6) is 0.761. The van der Waals surface area contributed by atoms with Crippen LogP contribution in [-0.4, -0.2) is 11.9 Å². The Morgan fingerprint density at radius 2 is 1.65 bits per heavy atom. The first-order valence-electron chi connectivity index (χ1n) is 6.86. The van der Waals surface area contributed by atoms with Gasteiger partial charge in [0.2, 0.25) is 0 Å². The van der Waals surface area contributed by atoms with Crippen LogP contribution in [0, 0.1) is 13.8 Å². The summed E-state index contributed by atoms with van der Waals surface area (Å²) < 4.78 is 5.63. The van der Waals surface area contributed by atoms with Crippen LogP contribution in [-0.2, 0) is 0 Å². The maximum atomic E-state index is 12.5. The maximum absolute atomic E-state index is 12.5. The fraction of sp³-hybridized carbons (Fsp3) is 0.278. The minimum atomic E-state index is 0.0299. The van der Waals surface area contributed by atoms with Crippen LogP contribution in [0.4, 0.5) is 0 Å². The predicted octanol–water partition coefficient (Wildman–Crippen LogP) is 4.32. The lowest BCUT2D eigenvalue weighted by Crippen LogP contribution is -2.07. The molecule has 0 aliphatic heterocycles. The van der Waals surface area contributed by atoms with Crippen molar-refractivity contribution in [3.63, 3.8) is 0 Å². The summed E-state index contributed by atoms with van der Waals surface area (Å²) >= 11 is 0. The van der Waals surface area contributed by atoms with Crippen molar-refractivity contribution in [1.29, 1.82) is 0 Å². The lowest BCUT2D eigenvalue weighted by molar-refractivity contribution is 0.103. The number of carbonyl (C=O) groups is 1. The average molecular weight is 268 g/mol. The smallest absolute Gasteiger partial charge is 0.193 e. The van der Waals surface area contributed by atoms with Crippen LogP contribution >= 0.6 is 0 Å². The molecule has 104 valence electrons. The van der Waals surface area contributed by atoms with E-state index >= 15 is 0 Å². The largest absolute Gasteiger partial charge is 0.491 e. The summed E-state index contributed by atoms with van der Waals surface area (Å²) in [5, 5.41) is 0. The van der Waals surface area contributed by atoms with Gasteiger partial charge in [-0.1, -0.05) is 24.3 Å². The Morgan fingerprint density at radius 1 is 0.950 bits per heavy atom. The Morgan fingerprint density at radius 3 is 2.30 bits per heavy atom. The Balaban J connectivity index is 2.30. The molecule has 20 heavy (non-hydrogen) atoms. The number of hydrogen-bond acceptors (Lipinski definition) is 2. The third-order valence-corrected chi connectivity index (χ3v) is 3.24. The lowest BCUT2D eigenvalue weighted by Gasteiger charge is -2.11. The van der Waals surface area contributed by atoms with Crippen LogP contribution < -0.4 is 4.74 Å². The number of hydrogen-bond donors (Lipinski definition) is 0. The van der Waals surface area contributed by atoms with E-state index in [0.717, 1.165) is 16.9 Å². The highest BCUT2D eigenvalue weighted by Gasteiger charge is 2.11. The number of rotatable bonds is 4. The molecule has 2 nitrogen and oxygen atoms in total. The maximum Gasteiger partial charge on any atom is 0.193 e. The van der Waals surface area contributed by atoms with Crippen molar-refractivity contribution in [3.8, 4) is 5.75 Å². The van der Waals surface area contributed by atoms with Crippen molar-refractivity contribution in [2.45, 2.75) is 33.8 Å². The molecule has 0 saturated heterocycles. The molecule has 0 aromatic heterocycles. The van der Waals surface area contributed by atoms with Gasteiger partial charge in [-0.2, -0.15) is 0 Å². The monoisotopic (exact) mass is 268 g/mol. The first-order valence-corrected chi connectivity index (χ1v) is 6.86. The number of aryl methyl sites for hydroxylation is 2. The van der Waals surface area contributed by atoms with Crippen LogP contribution in [0.3, 0.4) is 0 Å². The zero-order chi connectivity index (χ0) is 14.7. The van der Waals surface area contributed by atoms with Gasteiger partial charge in [0.15, 0.2) is 5.78 Å². The van der Waals surface area contributed by atoms with Gasteiger partial charge in [-0.25, -0.2) is 0 Å². The lowest BCUT2D eigenvalue weighted by atomic mass is 9.99. The molecule has 0 aliphatic rings. The van der Waals surface area contributed by atoms with Crippen molar-refractivity contribution >= 4 is 5.78 Å². The summed E-state index contributed by atoms with van der Waals surface area (Å²) in [6.45, 7) is 8.00. The van der Waals surface area contributed by atoms with Gasteiger partial charge in [0, 0.05) is 11.1 Å². The Bertz CT molecular complexity index is 627. The van der Waals surface area contributed by atoms with E-state index in [1.807, 2.05) is 64.1 Å². The normalized spacial score (nSPS) is 10.7. The van der Waals surface area contributed by atoms with Crippen LogP contribution in [0.15, 0.2) is 42.5 Å². The summed E-state index contributed by atoms with van der Waals surface area (Å²) in [6.07, 6.45) is 0.0990. The minimum absolute atomic E-state index is 0.0299. The second-order valence-electron chi connectivity index (χ2n) is 5.32. The molecule has 0 spiro atoms. The zero-order valence-electron chi connectivity index (χ0n) is 12.4. The van der Waals surface area contributed by atoms with E-state index in [9.17, 15) is 4.79 Å². The molecule has 0 heterocycles. The molecular formula is C18H20O2. The van der Waals surface area contributed by atoms with E-state index in [-0.39, 0.29) is 11.9 Å². The van der Waals surface area contributed by atoms with Gasteiger partial charge in [0.25, 0.3) is 0 Å². The Kier molecular flexibility index (Phi) is 4.23. The third-order valence-electron chi connectivity index (χ3n) is 3.24. The van der Waals surface area contributed by atoms with Crippen molar-refractivity contribution in [2.24, 2.45) is 0 Å². The van der Waals surface area contributed by atoms with Crippen molar-refractivity contribution < 1.29 is 9.53 Å². The standard InChI is InChI=1S/C18H20O2/c1-12(2)20-17-7-5-6-15(11-17)18(19)16-9-8-13(3)14(4)10-16/h5-12H,1-4H3. The van der Waals surface area contributed by atoms with E-state index in [2.05, 4.69) is 0 Å². The molecule has 2 aromatic rings. The Labute approximate surface area is 120 Å². The van der Waals surface area contributed by atoms with E-state index in [1.54, 1.807) is 6.07 Å². The SMILES string of the molecule is Cc1ccc(C(=O)c2cccc(OC(C)C)c2)cc1C. The van der Waals surface area contributed by atoms with Crippen LogP contribution in [0.5, 0.6) is 5.75 Å². The van der Waals surface area contributed by atoms with Crippen molar-refractivity contribution in [3.05, 3.63) is 64.7 Å². The van der Waals surface area contributed by atoms with Gasteiger partial charge in [-0.3, -0.25) is 4.79 Å². The number of benzene rings is 2. The Hall–Kier alpha value is -2.09. The highest BCUT2D eigenvalue weighted by atomic mass is 16.5. The third kappa shape index (κ3) is 3.27. The predicted molar refractivity (Wildman–Crippen MR) is 81.6 cm³/mol. The first-order chi connectivity index (χ1) is 9.47. The average Bonchev–Trinajstić information content (AvgIpc) is 2.40. The topological polar surface area (TPSA) is 26.3 Å². The van der Waals surface area contributed by atoms with Crippen LogP contribution in [0.25, 0.3) is 0 Å². The second kappa shape index (κ2) is 5.91. The summed E-state index contributed by atoms with van der Waals surface area (Å²) in [5.41, 5.74) is 3.70. The van der Waals surface area contributed by atoms with Crippen molar-refractivity contribution in [1.82, 2.24) is 0 Å². The molecular weight excluding hydrogens is 248 g/mol. The first kappa shape index (κ1) is 14.3. The van der Waals surface area contributed by atoms with Gasteiger partial charge < -0.3 is 4.74 Å². The highest BCUT2D eigenvalue weighted by molar-refractivity contribution is 6.09. The molecule has 0 radical (unpaired) electrons. The summed E-state index contributed by atoms with van der Waals surface area (Å²) in [6, 6.07) is 13.1. The fourth-order valence-corrected chi connectivity index (χ4v) is 2.03. The van der Waals surface area contributed by atoms with Gasteiger partial charge in [0.1, 0.15) is 5.75 Å². The van der Waals surface area contributed by atoms with E-state index in [0.29, 0.717) is 5.56 Å². The quantitative estimate of drug-likeness (QED) is 0.772. The van der Waals surface area contributed by atoms with Gasteiger partial charge >= 0.3 is 0 Å². The van der Waals surface area contributed by atoms with E-state index in [4.69, 9.17) is 4.74 Å². The highest BCUT2D eigenvalue weighted by Crippen LogP contribution is 2.19. The molecule has 2 aromatic carbocycles. The fourth-order valence-electron chi connectivity index (χ4n) is 2.03. The number of ether oxygens (including phenoxy) is 1. The van der Waals surface area contributed by atoms with E-state index < -0.39 is 0 Å². The molecule has 0 aliphatic carbocycles. The zero-order valence-corrected chi connectivity index (χ0v) is 12.4. The molecule has 0 atom stereocenters.